The van der Waals surface area contributed by atoms with E-state index in [0.29, 0.717) is 6.04 Å². The molecule has 1 fully saturated rings. The number of likely N-dealkylation sites (tertiary alicyclic amines) is 1. The molecule has 0 radical (unpaired) electrons. The molecule has 1 rings (SSSR count). The summed E-state index contributed by atoms with van der Waals surface area (Å²) >= 11 is 0. The Hall–Kier alpha value is -0.660. The van der Waals surface area contributed by atoms with Crippen LogP contribution in [0.1, 0.15) is 26.7 Å². The van der Waals surface area contributed by atoms with Gasteiger partial charge in [0.25, 0.3) is 0 Å². The highest BCUT2D eigenvalue weighted by atomic mass is 32.2. The maximum atomic E-state index is 12.1. The summed E-state index contributed by atoms with van der Waals surface area (Å²) in [5, 5.41) is 2.75. The number of carbonyl (C=O) groups is 1. The molecular formula is C13H27N3O3S. The van der Waals surface area contributed by atoms with Crippen LogP contribution >= 0.6 is 0 Å². The molecular weight excluding hydrogens is 278 g/mol. The van der Waals surface area contributed by atoms with E-state index in [4.69, 9.17) is 0 Å². The second-order valence-corrected chi connectivity index (χ2v) is 8.12. The van der Waals surface area contributed by atoms with Crippen LogP contribution in [0.5, 0.6) is 0 Å². The van der Waals surface area contributed by atoms with Crippen LogP contribution in [-0.4, -0.2) is 69.1 Å². The largest absolute Gasteiger partial charge is 0.355 e. The zero-order chi connectivity index (χ0) is 15.3. The first kappa shape index (κ1) is 17.4. The predicted molar refractivity (Wildman–Crippen MR) is 79.9 cm³/mol. The molecule has 7 heteroatoms. The minimum absolute atomic E-state index is 0.0202. The maximum absolute atomic E-state index is 12.1. The Morgan fingerprint density at radius 3 is 2.60 bits per heavy atom. The monoisotopic (exact) mass is 305 g/mol. The Bertz CT molecular complexity index is 421. The lowest BCUT2D eigenvalue weighted by Gasteiger charge is -2.34. The van der Waals surface area contributed by atoms with Gasteiger partial charge in [-0.15, -0.1) is 0 Å². The minimum atomic E-state index is -3.24. The van der Waals surface area contributed by atoms with Gasteiger partial charge >= 0.3 is 0 Å². The Labute approximate surface area is 122 Å². The minimum Gasteiger partial charge on any atom is -0.355 e. The van der Waals surface area contributed by atoms with Gasteiger partial charge in [0.05, 0.1) is 11.7 Å². The number of nitrogens with one attached hydrogen (secondary N) is 1. The summed E-state index contributed by atoms with van der Waals surface area (Å²) < 4.78 is 24.4. The number of hydrogen-bond acceptors (Lipinski definition) is 4. The fourth-order valence-corrected chi connectivity index (χ4v) is 3.04. The van der Waals surface area contributed by atoms with Gasteiger partial charge in [-0.05, 0) is 33.2 Å². The van der Waals surface area contributed by atoms with E-state index in [-0.39, 0.29) is 24.1 Å². The van der Waals surface area contributed by atoms with Crippen molar-refractivity contribution in [3.05, 3.63) is 0 Å². The average molecular weight is 305 g/mol. The Balaban J connectivity index is 2.40. The third-order valence-corrected chi connectivity index (χ3v) is 5.60. The molecule has 0 spiro atoms. The van der Waals surface area contributed by atoms with E-state index in [0.717, 1.165) is 25.9 Å². The van der Waals surface area contributed by atoms with E-state index in [1.54, 1.807) is 0 Å². The predicted octanol–water partition coefficient (Wildman–Crippen LogP) is 0.114. The van der Waals surface area contributed by atoms with Gasteiger partial charge in [0.2, 0.25) is 15.9 Å². The van der Waals surface area contributed by atoms with Gasteiger partial charge < -0.3 is 10.2 Å². The van der Waals surface area contributed by atoms with E-state index in [1.165, 1.54) is 18.4 Å². The zero-order valence-corrected chi connectivity index (χ0v) is 13.7. The fraction of sp³-hybridized carbons (Fsp3) is 0.923. The molecule has 0 aliphatic carbocycles. The van der Waals surface area contributed by atoms with Crippen LogP contribution < -0.4 is 5.32 Å². The number of carbonyl (C=O) groups excluding carboxylic acids is 1. The highest BCUT2D eigenvalue weighted by Gasteiger charge is 2.27. The van der Waals surface area contributed by atoms with Crippen molar-refractivity contribution in [2.45, 2.75) is 32.7 Å². The van der Waals surface area contributed by atoms with Gasteiger partial charge in [-0.3, -0.25) is 4.79 Å². The second kappa shape index (κ2) is 7.38. The molecule has 0 bridgehead atoms. The standard InChI is InChI=1S/C13H27N3O3S/c1-11(2)16-8-5-6-12(10-16)13(17)14-7-9-20(18,19)15(3)4/h11-12H,5-10H2,1-4H3,(H,14,17)/t12-/m1/s1. The molecule has 1 amide bonds. The van der Waals surface area contributed by atoms with Crippen molar-refractivity contribution in [1.82, 2.24) is 14.5 Å². The Morgan fingerprint density at radius 2 is 2.05 bits per heavy atom. The van der Waals surface area contributed by atoms with Crippen LogP contribution in [0.3, 0.4) is 0 Å². The number of sulfonamides is 1. The number of nitrogens with zero attached hydrogens (tertiary/aromatic N) is 2. The van der Waals surface area contributed by atoms with Crippen LogP contribution in [0.15, 0.2) is 0 Å². The van der Waals surface area contributed by atoms with Gasteiger partial charge in [0, 0.05) is 33.2 Å². The lowest BCUT2D eigenvalue weighted by atomic mass is 9.96. The van der Waals surface area contributed by atoms with E-state index < -0.39 is 10.0 Å². The summed E-state index contributed by atoms with van der Waals surface area (Å²) in [6.45, 7) is 6.24. The summed E-state index contributed by atoms with van der Waals surface area (Å²) in [4.78, 5) is 14.4. The molecule has 1 atom stereocenters. The van der Waals surface area contributed by atoms with E-state index >= 15 is 0 Å². The quantitative estimate of drug-likeness (QED) is 0.756. The molecule has 20 heavy (non-hydrogen) atoms. The molecule has 0 aromatic rings. The molecule has 0 aromatic carbocycles. The van der Waals surface area contributed by atoms with Gasteiger partial charge in [0.1, 0.15) is 0 Å². The lowest BCUT2D eigenvalue weighted by molar-refractivity contribution is -0.126. The first-order valence-electron chi connectivity index (χ1n) is 7.16. The number of piperidine rings is 1. The third-order valence-electron chi connectivity index (χ3n) is 3.77. The number of rotatable bonds is 6. The molecule has 118 valence electrons. The van der Waals surface area contributed by atoms with Crippen LogP contribution in [0.4, 0.5) is 0 Å². The van der Waals surface area contributed by atoms with Crippen molar-refractivity contribution in [2.24, 2.45) is 5.92 Å². The van der Waals surface area contributed by atoms with Gasteiger partial charge in [-0.2, -0.15) is 0 Å². The topological polar surface area (TPSA) is 69.7 Å². The highest BCUT2D eigenvalue weighted by molar-refractivity contribution is 7.89. The summed E-state index contributed by atoms with van der Waals surface area (Å²) in [6, 6.07) is 0.444. The SMILES string of the molecule is CC(C)N1CCC[C@@H](C(=O)NCCS(=O)(=O)N(C)C)C1. The van der Waals surface area contributed by atoms with Crippen LogP contribution in [0.2, 0.25) is 0 Å². The fourth-order valence-electron chi connectivity index (χ4n) is 2.32. The number of hydrogen-bond donors (Lipinski definition) is 1. The highest BCUT2D eigenvalue weighted by Crippen LogP contribution is 2.18. The van der Waals surface area contributed by atoms with Crippen LogP contribution in [0, 0.1) is 5.92 Å². The van der Waals surface area contributed by atoms with E-state index in [9.17, 15) is 13.2 Å². The number of amides is 1. The van der Waals surface area contributed by atoms with Crippen molar-refractivity contribution in [1.29, 1.82) is 0 Å². The first-order valence-corrected chi connectivity index (χ1v) is 8.77. The summed E-state index contributed by atoms with van der Waals surface area (Å²) in [5.74, 6) is -0.0932. The van der Waals surface area contributed by atoms with Crippen molar-refractivity contribution in [3.8, 4) is 0 Å². The van der Waals surface area contributed by atoms with Gasteiger partial charge in [-0.25, -0.2) is 12.7 Å². The molecule has 1 aliphatic heterocycles. The zero-order valence-electron chi connectivity index (χ0n) is 12.9. The molecule has 1 aliphatic rings. The van der Waals surface area contributed by atoms with Gasteiger partial charge in [0.15, 0.2) is 0 Å². The van der Waals surface area contributed by atoms with Gasteiger partial charge in [-0.1, -0.05) is 0 Å². The first-order chi connectivity index (χ1) is 9.24. The molecule has 0 unspecified atom stereocenters. The summed E-state index contributed by atoms with van der Waals surface area (Å²) in [5.41, 5.74) is 0. The third kappa shape index (κ3) is 5.03. The molecule has 0 aromatic heterocycles. The maximum Gasteiger partial charge on any atom is 0.224 e. The molecule has 1 heterocycles. The van der Waals surface area contributed by atoms with Crippen LogP contribution in [-0.2, 0) is 14.8 Å². The van der Waals surface area contributed by atoms with Crippen molar-refractivity contribution >= 4 is 15.9 Å². The Morgan fingerprint density at radius 1 is 1.40 bits per heavy atom. The van der Waals surface area contributed by atoms with E-state index in [1.807, 2.05) is 0 Å². The Kier molecular flexibility index (Phi) is 6.42. The van der Waals surface area contributed by atoms with Crippen LogP contribution in [0.25, 0.3) is 0 Å². The normalized spacial score (nSPS) is 21.4. The summed E-state index contributed by atoms with van der Waals surface area (Å²) in [7, 11) is -0.243. The molecule has 1 N–H and O–H groups in total. The molecule has 6 nitrogen and oxygen atoms in total. The van der Waals surface area contributed by atoms with Crippen molar-refractivity contribution in [2.75, 3.05) is 39.5 Å². The smallest absolute Gasteiger partial charge is 0.224 e. The molecule has 1 saturated heterocycles. The van der Waals surface area contributed by atoms with Crippen molar-refractivity contribution < 1.29 is 13.2 Å². The van der Waals surface area contributed by atoms with E-state index in [2.05, 4.69) is 24.1 Å². The average Bonchev–Trinajstić information content (AvgIpc) is 2.38. The molecule has 0 saturated carbocycles. The van der Waals surface area contributed by atoms with Crippen molar-refractivity contribution in [3.63, 3.8) is 0 Å². The lowest BCUT2D eigenvalue weighted by Crippen LogP contribution is -2.46. The second-order valence-electron chi connectivity index (χ2n) is 5.82. The summed E-state index contributed by atoms with van der Waals surface area (Å²) in [6.07, 6.45) is 1.90.